The molecule has 6 nitrogen and oxygen atoms in total. The highest BCUT2D eigenvalue weighted by atomic mass is 35.5. The van der Waals surface area contributed by atoms with Gasteiger partial charge in [0.25, 0.3) is 5.91 Å². The molecule has 1 fully saturated rings. The Bertz CT molecular complexity index is 761. The molecular weight excluding hydrogens is 352 g/mol. The minimum absolute atomic E-state index is 0.0296. The average molecular weight is 373 g/mol. The Morgan fingerprint density at radius 1 is 1.15 bits per heavy atom. The van der Waals surface area contributed by atoms with Crippen LogP contribution in [0.15, 0.2) is 48.8 Å². The van der Waals surface area contributed by atoms with Crippen molar-refractivity contribution in [2.45, 2.75) is 18.9 Å². The summed E-state index contributed by atoms with van der Waals surface area (Å²) in [5.41, 5.74) is 1.30. The Kier molecular flexibility index (Phi) is 6.07. The van der Waals surface area contributed by atoms with Crippen LogP contribution in [0, 0.1) is 0 Å². The molecule has 2 heterocycles. The maximum atomic E-state index is 12.4. The third-order valence-electron chi connectivity index (χ3n) is 4.41. The summed E-state index contributed by atoms with van der Waals surface area (Å²) in [4.78, 5) is 30.3. The van der Waals surface area contributed by atoms with E-state index in [0.717, 1.165) is 18.5 Å². The molecule has 1 aromatic heterocycles. The maximum Gasteiger partial charge on any atom is 0.253 e. The Morgan fingerprint density at radius 3 is 2.62 bits per heavy atom. The molecule has 136 valence electrons. The van der Waals surface area contributed by atoms with Gasteiger partial charge in [-0.25, -0.2) is 0 Å². The van der Waals surface area contributed by atoms with E-state index >= 15 is 0 Å². The third kappa shape index (κ3) is 4.73. The lowest BCUT2D eigenvalue weighted by molar-refractivity contribution is -0.130. The number of benzene rings is 1. The van der Waals surface area contributed by atoms with Crippen LogP contribution in [-0.2, 0) is 4.79 Å². The van der Waals surface area contributed by atoms with Crippen LogP contribution in [0.25, 0.3) is 0 Å². The maximum absolute atomic E-state index is 12.4. The summed E-state index contributed by atoms with van der Waals surface area (Å²) in [5, 5.41) is 6.68. The molecule has 7 heteroatoms. The van der Waals surface area contributed by atoms with Crippen molar-refractivity contribution in [3.8, 4) is 0 Å². The van der Waals surface area contributed by atoms with Gasteiger partial charge < -0.3 is 15.5 Å². The van der Waals surface area contributed by atoms with Crippen LogP contribution < -0.4 is 10.6 Å². The van der Waals surface area contributed by atoms with Crippen LogP contribution in [0.2, 0.25) is 5.02 Å². The van der Waals surface area contributed by atoms with Gasteiger partial charge in [-0.3, -0.25) is 14.6 Å². The van der Waals surface area contributed by atoms with Gasteiger partial charge in [0.1, 0.15) is 0 Å². The minimum Gasteiger partial charge on any atom is -0.375 e. The summed E-state index contributed by atoms with van der Waals surface area (Å²) < 4.78 is 0. The number of carbonyl (C=O) groups is 2. The lowest BCUT2D eigenvalue weighted by Crippen LogP contribution is -2.47. The standard InChI is InChI=1S/C19H21ClN4O2/c20-16-5-1-2-6-17(16)22-13-18(25)24-10-7-15(8-11-24)23-19(26)14-4-3-9-21-12-14/h1-6,9,12,15,22H,7-8,10-11,13H2,(H,23,26). The van der Waals surface area contributed by atoms with Crippen molar-refractivity contribution in [2.75, 3.05) is 25.0 Å². The fourth-order valence-corrected chi connectivity index (χ4v) is 3.13. The van der Waals surface area contributed by atoms with Gasteiger partial charge in [-0.05, 0) is 37.1 Å². The number of para-hydroxylation sites is 1. The van der Waals surface area contributed by atoms with E-state index < -0.39 is 0 Å². The van der Waals surface area contributed by atoms with Crippen molar-refractivity contribution in [3.05, 3.63) is 59.4 Å². The number of halogens is 1. The molecular formula is C19H21ClN4O2. The highest BCUT2D eigenvalue weighted by molar-refractivity contribution is 6.33. The van der Waals surface area contributed by atoms with E-state index in [2.05, 4.69) is 15.6 Å². The molecule has 26 heavy (non-hydrogen) atoms. The van der Waals surface area contributed by atoms with Crippen molar-refractivity contribution >= 4 is 29.1 Å². The average Bonchev–Trinajstić information content (AvgIpc) is 2.68. The Morgan fingerprint density at radius 2 is 1.92 bits per heavy atom. The van der Waals surface area contributed by atoms with Gasteiger partial charge in [0.15, 0.2) is 0 Å². The van der Waals surface area contributed by atoms with Crippen molar-refractivity contribution in [3.63, 3.8) is 0 Å². The Hall–Kier alpha value is -2.60. The quantitative estimate of drug-likeness (QED) is 0.846. The third-order valence-corrected chi connectivity index (χ3v) is 4.74. The molecule has 3 rings (SSSR count). The zero-order chi connectivity index (χ0) is 18.4. The fourth-order valence-electron chi connectivity index (χ4n) is 2.93. The normalized spacial score (nSPS) is 14.7. The first kappa shape index (κ1) is 18.2. The Labute approximate surface area is 157 Å². The second-order valence-electron chi connectivity index (χ2n) is 6.20. The van der Waals surface area contributed by atoms with Crippen LogP contribution in [-0.4, -0.2) is 47.4 Å². The van der Waals surface area contributed by atoms with Crippen LogP contribution in [0.1, 0.15) is 23.2 Å². The molecule has 0 radical (unpaired) electrons. The van der Waals surface area contributed by atoms with E-state index in [9.17, 15) is 9.59 Å². The zero-order valence-electron chi connectivity index (χ0n) is 14.3. The molecule has 0 unspecified atom stereocenters. The smallest absolute Gasteiger partial charge is 0.253 e. The first-order valence-corrected chi connectivity index (χ1v) is 8.98. The molecule has 0 bridgehead atoms. The first-order valence-electron chi connectivity index (χ1n) is 8.60. The predicted molar refractivity (Wildman–Crippen MR) is 101 cm³/mol. The van der Waals surface area contributed by atoms with Crippen molar-refractivity contribution in [1.29, 1.82) is 0 Å². The van der Waals surface area contributed by atoms with E-state index in [4.69, 9.17) is 11.6 Å². The first-order chi connectivity index (χ1) is 12.6. The van der Waals surface area contributed by atoms with Gasteiger partial charge in [0.2, 0.25) is 5.91 Å². The number of nitrogens with one attached hydrogen (secondary N) is 2. The molecule has 1 saturated heterocycles. The summed E-state index contributed by atoms with van der Waals surface area (Å²) in [6, 6.07) is 10.9. The van der Waals surface area contributed by atoms with Gasteiger partial charge >= 0.3 is 0 Å². The number of pyridine rings is 1. The number of hydrogen-bond acceptors (Lipinski definition) is 4. The second-order valence-corrected chi connectivity index (χ2v) is 6.61. The molecule has 0 atom stereocenters. The number of hydrogen-bond donors (Lipinski definition) is 2. The van der Waals surface area contributed by atoms with Crippen molar-refractivity contribution in [2.24, 2.45) is 0 Å². The molecule has 1 aliphatic rings. The molecule has 1 aromatic carbocycles. The predicted octanol–water partition coefficient (Wildman–Crippen LogP) is 2.57. The molecule has 2 aromatic rings. The molecule has 2 N–H and O–H groups in total. The van der Waals surface area contributed by atoms with Gasteiger partial charge in [0, 0.05) is 31.5 Å². The van der Waals surface area contributed by atoms with E-state index in [1.807, 2.05) is 23.1 Å². The van der Waals surface area contributed by atoms with Crippen LogP contribution in [0.4, 0.5) is 5.69 Å². The van der Waals surface area contributed by atoms with Crippen molar-refractivity contribution in [1.82, 2.24) is 15.2 Å². The monoisotopic (exact) mass is 372 g/mol. The van der Waals surface area contributed by atoms with Gasteiger partial charge in [-0.2, -0.15) is 0 Å². The van der Waals surface area contributed by atoms with Crippen LogP contribution >= 0.6 is 11.6 Å². The summed E-state index contributed by atoms with van der Waals surface area (Å²) in [5.74, 6) is -0.0924. The summed E-state index contributed by atoms with van der Waals surface area (Å²) >= 11 is 6.08. The molecule has 2 amide bonds. The number of likely N-dealkylation sites (tertiary alicyclic amines) is 1. The number of rotatable bonds is 5. The number of carbonyl (C=O) groups excluding carboxylic acids is 2. The summed E-state index contributed by atoms with van der Waals surface area (Å²) in [6.45, 7) is 1.46. The number of anilines is 1. The van der Waals surface area contributed by atoms with Crippen molar-refractivity contribution < 1.29 is 9.59 Å². The van der Waals surface area contributed by atoms with E-state index in [-0.39, 0.29) is 24.4 Å². The lowest BCUT2D eigenvalue weighted by Gasteiger charge is -2.32. The summed E-state index contributed by atoms with van der Waals surface area (Å²) in [6.07, 6.45) is 4.67. The summed E-state index contributed by atoms with van der Waals surface area (Å²) in [7, 11) is 0. The topological polar surface area (TPSA) is 74.3 Å². The van der Waals surface area contributed by atoms with E-state index in [0.29, 0.717) is 23.7 Å². The van der Waals surface area contributed by atoms with E-state index in [1.54, 1.807) is 30.6 Å². The number of aromatic nitrogens is 1. The number of amides is 2. The number of nitrogens with zero attached hydrogens (tertiary/aromatic N) is 2. The van der Waals surface area contributed by atoms with Gasteiger partial charge in [-0.1, -0.05) is 23.7 Å². The van der Waals surface area contributed by atoms with Crippen LogP contribution in [0.5, 0.6) is 0 Å². The molecule has 0 spiro atoms. The Balaban J connectivity index is 1.44. The highest BCUT2D eigenvalue weighted by Crippen LogP contribution is 2.20. The van der Waals surface area contributed by atoms with Gasteiger partial charge in [-0.15, -0.1) is 0 Å². The van der Waals surface area contributed by atoms with Crippen LogP contribution in [0.3, 0.4) is 0 Å². The van der Waals surface area contributed by atoms with Gasteiger partial charge in [0.05, 0.1) is 22.8 Å². The molecule has 0 aliphatic carbocycles. The fraction of sp³-hybridized carbons (Fsp3) is 0.316. The number of piperidine rings is 1. The highest BCUT2D eigenvalue weighted by Gasteiger charge is 2.24. The largest absolute Gasteiger partial charge is 0.375 e. The minimum atomic E-state index is -0.122. The zero-order valence-corrected chi connectivity index (χ0v) is 15.1. The van der Waals surface area contributed by atoms with E-state index in [1.165, 1.54) is 0 Å². The lowest BCUT2D eigenvalue weighted by atomic mass is 10.0. The molecule has 0 saturated carbocycles. The molecule has 1 aliphatic heterocycles. The SMILES string of the molecule is O=C(NC1CCN(C(=O)CNc2ccccc2Cl)CC1)c1cccnc1. The second kappa shape index (κ2) is 8.67.